The average molecular weight is 475 g/mol. The van der Waals surface area contributed by atoms with Crippen LogP contribution in [0, 0.1) is 6.92 Å². The van der Waals surface area contributed by atoms with E-state index in [0.717, 1.165) is 5.56 Å². The molecular weight excluding hydrogens is 448 g/mol. The van der Waals surface area contributed by atoms with E-state index in [0.29, 0.717) is 40.5 Å². The minimum absolute atomic E-state index is 0.0135. The van der Waals surface area contributed by atoms with E-state index in [4.69, 9.17) is 14.2 Å². The fraction of sp³-hybridized carbons (Fsp3) is 0.231. The van der Waals surface area contributed by atoms with Gasteiger partial charge in [0.1, 0.15) is 18.5 Å². The van der Waals surface area contributed by atoms with Gasteiger partial charge in [-0.3, -0.25) is 9.78 Å². The maximum absolute atomic E-state index is 13.1. The van der Waals surface area contributed by atoms with Crippen molar-refractivity contribution >= 4 is 17.7 Å². The summed E-state index contributed by atoms with van der Waals surface area (Å²) < 4.78 is 16.1. The molecule has 1 atom stereocenters. The van der Waals surface area contributed by atoms with Crippen LogP contribution < -0.4 is 14.8 Å². The number of hydrazone groups is 1. The van der Waals surface area contributed by atoms with Crippen molar-refractivity contribution in [3.05, 3.63) is 89.2 Å². The molecule has 1 N–H and O–H groups in total. The number of hydrogen-bond donors (Lipinski definition) is 1. The van der Waals surface area contributed by atoms with E-state index < -0.39 is 12.3 Å². The number of hydrogen-bond acceptors (Lipinski definition) is 7. The third-order valence-electron chi connectivity index (χ3n) is 5.49. The Bertz CT molecular complexity index is 1250. The molecule has 1 aliphatic heterocycles. The van der Waals surface area contributed by atoms with Gasteiger partial charge >= 0.3 is 6.09 Å². The van der Waals surface area contributed by atoms with Gasteiger partial charge in [-0.05, 0) is 42.8 Å². The Kier molecular flexibility index (Phi) is 7.25. The standard InChI is InChI=1S/C26H26N4O5/c1-17-13-20(11-12-27-17)25(31)28-24(14-18-7-5-4-6-8-18)30-26(32)35-16-21(29-30)19-9-10-22(33-2)23(15-19)34-3/h4-13,15,24H,14,16H2,1-3H3,(H,28,31). The van der Waals surface area contributed by atoms with E-state index in [9.17, 15) is 9.59 Å². The van der Waals surface area contributed by atoms with Crippen molar-refractivity contribution in [3.63, 3.8) is 0 Å². The fourth-order valence-electron chi connectivity index (χ4n) is 3.71. The van der Waals surface area contributed by atoms with Gasteiger partial charge in [0, 0.05) is 29.4 Å². The normalized spacial score (nSPS) is 14.0. The van der Waals surface area contributed by atoms with Gasteiger partial charge in [0.05, 0.1) is 14.2 Å². The number of amides is 2. The highest BCUT2D eigenvalue weighted by Crippen LogP contribution is 2.28. The first kappa shape index (κ1) is 23.7. The minimum Gasteiger partial charge on any atom is -0.493 e. The molecule has 1 unspecified atom stereocenters. The number of rotatable bonds is 8. The second-order valence-electron chi connectivity index (χ2n) is 7.88. The maximum Gasteiger partial charge on any atom is 0.432 e. The number of aryl methyl sites for hydroxylation is 1. The Morgan fingerprint density at radius 3 is 2.57 bits per heavy atom. The number of nitrogens with zero attached hydrogens (tertiary/aromatic N) is 3. The van der Waals surface area contributed by atoms with E-state index in [1.807, 2.05) is 36.4 Å². The van der Waals surface area contributed by atoms with Crippen molar-refractivity contribution < 1.29 is 23.8 Å². The summed E-state index contributed by atoms with van der Waals surface area (Å²) in [4.78, 5) is 30.0. The van der Waals surface area contributed by atoms with Crippen molar-refractivity contribution in [2.45, 2.75) is 19.5 Å². The van der Waals surface area contributed by atoms with Gasteiger partial charge in [0.15, 0.2) is 11.5 Å². The monoisotopic (exact) mass is 474 g/mol. The summed E-state index contributed by atoms with van der Waals surface area (Å²) in [7, 11) is 3.10. The van der Waals surface area contributed by atoms with E-state index in [1.54, 1.807) is 51.6 Å². The summed E-state index contributed by atoms with van der Waals surface area (Å²) in [6, 6.07) is 18.2. The predicted molar refractivity (Wildman–Crippen MR) is 130 cm³/mol. The minimum atomic E-state index is -0.790. The second kappa shape index (κ2) is 10.7. The van der Waals surface area contributed by atoms with Crippen LogP contribution in [0.2, 0.25) is 0 Å². The summed E-state index contributed by atoms with van der Waals surface area (Å²) >= 11 is 0. The first-order chi connectivity index (χ1) is 17.0. The molecule has 0 saturated carbocycles. The van der Waals surface area contributed by atoms with E-state index in [1.165, 1.54) is 5.01 Å². The Morgan fingerprint density at radius 2 is 1.86 bits per heavy atom. The Balaban J connectivity index is 1.67. The van der Waals surface area contributed by atoms with Crippen LogP contribution in [0.5, 0.6) is 11.5 Å². The van der Waals surface area contributed by atoms with Crippen LogP contribution in [0.25, 0.3) is 0 Å². The second-order valence-corrected chi connectivity index (χ2v) is 7.88. The Hall–Kier alpha value is -4.40. The van der Waals surface area contributed by atoms with Gasteiger partial charge < -0.3 is 19.5 Å². The summed E-state index contributed by atoms with van der Waals surface area (Å²) in [5.41, 5.74) is 3.28. The van der Waals surface area contributed by atoms with Gasteiger partial charge in [-0.1, -0.05) is 30.3 Å². The van der Waals surface area contributed by atoms with Crippen molar-refractivity contribution in [1.82, 2.24) is 15.3 Å². The van der Waals surface area contributed by atoms with Crippen molar-refractivity contribution in [3.8, 4) is 11.5 Å². The molecule has 0 bridgehead atoms. The highest BCUT2D eigenvalue weighted by Gasteiger charge is 2.31. The van der Waals surface area contributed by atoms with Gasteiger partial charge in [-0.15, -0.1) is 0 Å². The zero-order valence-electron chi connectivity index (χ0n) is 19.7. The molecule has 0 fully saturated rings. The molecule has 2 aromatic carbocycles. The van der Waals surface area contributed by atoms with Crippen LogP contribution in [0.15, 0.2) is 72.0 Å². The molecule has 1 aliphatic rings. The van der Waals surface area contributed by atoms with Gasteiger partial charge in [-0.25, -0.2) is 4.79 Å². The summed E-state index contributed by atoms with van der Waals surface area (Å²) in [5.74, 6) is 0.749. The fourth-order valence-corrected chi connectivity index (χ4v) is 3.71. The topological polar surface area (TPSA) is 102 Å². The molecule has 2 amide bonds. The molecule has 180 valence electrons. The number of carbonyl (C=O) groups excluding carboxylic acids is 2. The Morgan fingerprint density at radius 1 is 1.09 bits per heavy atom. The number of methoxy groups -OCH3 is 2. The molecular formula is C26H26N4O5. The summed E-state index contributed by atoms with van der Waals surface area (Å²) in [6.45, 7) is 1.79. The lowest BCUT2D eigenvalue weighted by Gasteiger charge is -2.31. The average Bonchev–Trinajstić information content (AvgIpc) is 2.88. The van der Waals surface area contributed by atoms with Crippen LogP contribution in [-0.4, -0.2) is 54.7 Å². The van der Waals surface area contributed by atoms with Gasteiger partial charge in [-0.2, -0.15) is 10.1 Å². The number of pyridine rings is 1. The van der Waals surface area contributed by atoms with Gasteiger partial charge in [0.25, 0.3) is 5.91 Å². The number of benzene rings is 2. The van der Waals surface area contributed by atoms with Crippen molar-refractivity contribution in [2.24, 2.45) is 5.10 Å². The lowest BCUT2D eigenvalue weighted by Crippen LogP contribution is -2.52. The number of carbonyl (C=O) groups is 2. The smallest absolute Gasteiger partial charge is 0.432 e. The van der Waals surface area contributed by atoms with Gasteiger partial charge in [0.2, 0.25) is 0 Å². The van der Waals surface area contributed by atoms with Crippen LogP contribution in [-0.2, 0) is 11.2 Å². The third-order valence-corrected chi connectivity index (χ3v) is 5.49. The van der Waals surface area contributed by atoms with E-state index in [2.05, 4.69) is 15.4 Å². The zero-order chi connectivity index (χ0) is 24.8. The summed E-state index contributed by atoms with van der Waals surface area (Å²) in [6.07, 6.45) is 0.454. The van der Waals surface area contributed by atoms with Crippen molar-refractivity contribution in [2.75, 3.05) is 20.8 Å². The molecule has 35 heavy (non-hydrogen) atoms. The quantitative estimate of drug-likeness (QED) is 0.536. The number of ether oxygens (including phenoxy) is 3. The highest BCUT2D eigenvalue weighted by molar-refractivity contribution is 6.04. The Labute approximate surface area is 203 Å². The lowest BCUT2D eigenvalue weighted by atomic mass is 10.1. The maximum atomic E-state index is 13.1. The molecule has 2 heterocycles. The van der Waals surface area contributed by atoms with E-state index >= 15 is 0 Å². The van der Waals surface area contributed by atoms with E-state index in [-0.39, 0.29) is 12.5 Å². The SMILES string of the molecule is COc1ccc(C2=NN(C(Cc3ccccc3)NC(=O)c3ccnc(C)c3)C(=O)OC2)cc1OC. The molecule has 1 aromatic heterocycles. The molecule has 0 radical (unpaired) electrons. The molecule has 4 rings (SSSR count). The molecule has 0 aliphatic carbocycles. The summed E-state index contributed by atoms with van der Waals surface area (Å²) in [5, 5.41) is 8.68. The number of aromatic nitrogens is 1. The number of nitrogens with one attached hydrogen (secondary N) is 1. The first-order valence-electron chi connectivity index (χ1n) is 11.0. The van der Waals surface area contributed by atoms with Crippen LogP contribution >= 0.6 is 0 Å². The van der Waals surface area contributed by atoms with Crippen LogP contribution in [0.3, 0.4) is 0 Å². The molecule has 3 aromatic rings. The highest BCUT2D eigenvalue weighted by atomic mass is 16.6. The molecule has 0 spiro atoms. The van der Waals surface area contributed by atoms with Crippen LogP contribution in [0.1, 0.15) is 27.2 Å². The lowest BCUT2D eigenvalue weighted by molar-refractivity contribution is 0.0704. The molecule has 0 saturated heterocycles. The predicted octanol–water partition coefficient (Wildman–Crippen LogP) is 3.56. The molecule has 9 nitrogen and oxygen atoms in total. The van der Waals surface area contributed by atoms with Crippen molar-refractivity contribution in [1.29, 1.82) is 0 Å². The molecule has 9 heteroatoms. The largest absolute Gasteiger partial charge is 0.493 e. The van der Waals surface area contributed by atoms with Crippen LogP contribution in [0.4, 0.5) is 4.79 Å². The first-order valence-corrected chi connectivity index (χ1v) is 11.0. The third kappa shape index (κ3) is 5.57. The zero-order valence-corrected chi connectivity index (χ0v) is 19.7. The number of cyclic esters (lactones) is 1.